The first-order chi connectivity index (χ1) is 7.76. The number of amides is 1. The number of benzene rings is 1. The Kier molecular flexibility index (Phi) is 5.08. The third-order valence-electron chi connectivity index (χ3n) is 1.88. The summed E-state index contributed by atoms with van der Waals surface area (Å²) in [7, 11) is 0. The van der Waals surface area contributed by atoms with Crippen molar-refractivity contribution >= 4 is 11.6 Å². The zero-order chi connectivity index (χ0) is 11.8. The molecule has 1 rings (SSSR count). The number of ether oxygens (including phenoxy) is 1. The van der Waals surface area contributed by atoms with Gasteiger partial charge in [-0.3, -0.25) is 4.79 Å². The lowest BCUT2D eigenvalue weighted by atomic mass is 10.3. The maximum atomic E-state index is 11.2. The molecular weight excluding hydrogens is 204 g/mol. The van der Waals surface area contributed by atoms with Gasteiger partial charge in [0.1, 0.15) is 12.4 Å². The van der Waals surface area contributed by atoms with Crippen LogP contribution in [0.3, 0.4) is 0 Å². The van der Waals surface area contributed by atoms with Gasteiger partial charge in [-0.25, -0.2) is 0 Å². The number of nitrogens with one attached hydrogen (secondary N) is 1. The number of nitrogens with two attached hydrogens (primary N) is 1. The fourth-order valence-corrected chi connectivity index (χ4v) is 1.14. The molecular formula is C12H16N2O2. The summed E-state index contributed by atoms with van der Waals surface area (Å²) in [6, 6.07) is 7.16. The van der Waals surface area contributed by atoms with Crippen molar-refractivity contribution in [2.45, 2.75) is 6.42 Å². The average Bonchev–Trinajstić information content (AvgIpc) is 2.28. The highest BCUT2D eigenvalue weighted by molar-refractivity contribution is 5.90. The molecule has 1 amide bonds. The molecule has 0 fully saturated rings. The quantitative estimate of drug-likeness (QED) is 0.715. The Balaban J connectivity index is 2.50. The largest absolute Gasteiger partial charge is 0.490 e. The molecule has 3 N–H and O–H groups in total. The van der Waals surface area contributed by atoms with Gasteiger partial charge in [0.25, 0.3) is 0 Å². The van der Waals surface area contributed by atoms with Crippen LogP contribution < -0.4 is 15.8 Å². The molecule has 0 aliphatic rings. The molecule has 0 aliphatic heterocycles. The van der Waals surface area contributed by atoms with Gasteiger partial charge in [0.2, 0.25) is 5.91 Å². The normalized spacial score (nSPS) is 9.56. The molecule has 0 spiro atoms. The van der Waals surface area contributed by atoms with Crippen LogP contribution in [0.25, 0.3) is 0 Å². The van der Waals surface area contributed by atoms with E-state index >= 15 is 0 Å². The van der Waals surface area contributed by atoms with Crippen molar-refractivity contribution in [1.29, 1.82) is 0 Å². The summed E-state index contributed by atoms with van der Waals surface area (Å²) < 4.78 is 5.31. The zero-order valence-electron chi connectivity index (χ0n) is 9.11. The van der Waals surface area contributed by atoms with E-state index in [-0.39, 0.29) is 5.91 Å². The molecule has 1 aromatic carbocycles. The second kappa shape index (κ2) is 6.63. The Morgan fingerprint density at radius 1 is 1.44 bits per heavy atom. The minimum atomic E-state index is -0.0812. The standard InChI is InChI=1S/C12H16N2O2/c1-2-9-16-11-5-3-10(4-6-11)14-12(15)7-8-13/h2-6H,1,7-9,13H2,(H,14,15). The van der Waals surface area contributed by atoms with Gasteiger partial charge in [-0.05, 0) is 24.3 Å². The van der Waals surface area contributed by atoms with E-state index in [4.69, 9.17) is 10.5 Å². The minimum Gasteiger partial charge on any atom is -0.490 e. The van der Waals surface area contributed by atoms with Crippen LogP contribution in [0, 0.1) is 0 Å². The first kappa shape index (κ1) is 12.3. The molecule has 0 atom stereocenters. The smallest absolute Gasteiger partial charge is 0.225 e. The number of hydrogen-bond donors (Lipinski definition) is 2. The maximum absolute atomic E-state index is 11.2. The second-order valence-corrected chi connectivity index (χ2v) is 3.21. The predicted molar refractivity (Wildman–Crippen MR) is 64.4 cm³/mol. The van der Waals surface area contributed by atoms with E-state index in [1.807, 2.05) is 0 Å². The topological polar surface area (TPSA) is 64.3 Å². The van der Waals surface area contributed by atoms with Crippen molar-refractivity contribution in [3.8, 4) is 5.75 Å². The lowest BCUT2D eigenvalue weighted by Crippen LogP contribution is -2.16. The van der Waals surface area contributed by atoms with Gasteiger partial charge < -0.3 is 15.8 Å². The van der Waals surface area contributed by atoms with E-state index in [0.29, 0.717) is 19.6 Å². The summed E-state index contributed by atoms with van der Waals surface area (Å²) >= 11 is 0. The minimum absolute atomic E-state index is 0.0812. The Labute approximate surface area is 95.1 Å². The van der Waals surface area contributed by atoms with E-state index in [1.54, 1.807) is 30.3 Å². The lowest BCUT2D eigenvalue weighted by Gasteiger charge is -2.06. The molecule has 0 saturated carbocycles. The summed E-state index contributed by atoms with van der Waals surface area (Å²) in [5, 5.41) is 2.73. The van der Waals surface area contributed by atoms with Crippen LogP contribution in [0.2, 0.25) is 0 Å². The molecule has 0 bridgehead atoms. The predicted octanol–water partition coefficient (Wildman–Crippen LogP) is 1.54. The van der Waals surface area contributed by atoms with E-state index in [0.717, 1.165) is 11.4 Å². The fraction of sp³-hybridized carbons (Fsp3) is 0.250. The molecule has 1 aromatic rings. The van der Waals surface area contributed by atoms with Crippen LogP contribution in [0.1, 0.15) is 6.42 Å². The Bertz CT molecular complexity index is 347. The number of carbonyl (C=O) groups excluding carboxylic acids is 1. The highest BCUT2D eigenvalue weighted by Gasteiger charge is 2.00. The van der Waals surface area contributed by atoms with Gasteiger partial charge >= 0.3 is 0 Å². The molecule has 0 saturated heterocycles. The molecule has 0 heterocycles. The van der Waals surface area contributed by atoms with Crippen LogP contribution in [-0.4, -0.2) is 19.1 Å². The fourth-order valence-electron chi connectivity index (χ4n) is 1.14. The van der Waals surface area contributed by atoms with Crippen LogP contribution in [0.15, 0.2) is 36.9 Å². The summed E-state index contributed by atoms with van der Waals surface area (Å²) in [5.41, 5.74) is 6.01. The highest BCUT2D eigenvalue weighted by Crippen LogP contribution is 2.15. The summed E-state index contributed by atoms with van der Waals surface area (Å²) in [4.78, 5) is 11.2. The van der Waals surface area contributed by atoms with E-state index in [2.05, 4.69) is 11.9 Å². The van der Waals surface area contributed by atoms with E-state index < -0.39 is 0 Å². The molecule has 4 nitrogen and oxygen atoms in total. The zero-order valence-corrected chi connectivity index (χ0v) is 9.11. The molecule has 0 aromatic heterocycles. The van der Waals surface area contributed by atoms with Crippen LogP contribution >= 0.6 is 0 Å². The summed E-state index contributed by atoms with van der Waals surface area (Å²) in [5.74, 6) is 0.666. The van der Waals surface area contributed by atoms with Crippen molar-refractivity contribution in [3.05, 3.63) is 36.9 Å². The van der Waals surface area contributed by atoms with Crippen molar-refractivity contribution in [2.75, 3.05) is 18.5 Å². The Morgan fingerprint density at radius 3 is 2.69 bits per heavy atom. The van der Waals surface area contributed by atoms with Crippen LogP contribution in [0.4, 0.5) is 5.69 Å². The summed E-state index contributed by atoms with van der Waals surface area (Å²) in [6.07, 6.45) is 2.01. The van der Waals surface area contributed by atoms with Gasteiger partial charge in [0.05, 0.1) is 0 Å². The Hall–Kier alpha value is -1.81. The lowest BCUT2D eigenvalue weighted by molar-refractivity contribution is -0.116. The van der Waals surface area contributed by atoms with Gasteiger partial charge in [0.15, 0.2) is 0 Å². The molecule has 86 valence electrons. The molecule has 0 unspecified atom stereocenters. The third kappa shape index (κ3) is 4.14. The third-order valence-corrected chi connectivity index (χ3v) is 1.88. The molecule has 0 aliphatic carbocycles. The number of rotatable bonds is 6. The van der Waals surface area contributed by atoms with Crippen molar-refractivity contribution in [2.24, 2.45) is 5.73 Å². The molecule has 0 radical (unpaired) electrons. The summed E-state index contributed by atoms with van der Waals surface area (Å²) in [6.45, 7) is 4.38. The van der Waals surface area contributed by atoms with Gasteiger partial charge in [-0.15, -0.1) is 0 Å². The number of hydrogen-bond acceptors (Lipinski definition) is 3. The molecule has 4 heteroatoms. The highest BCUT2D eigenvalue weighted by atomic mass is 16.5. The van der Waals surface area contributed by atoms with E-state index in [1.165, 1.54) is 0 Å². The van der Waals surface area contributed by atoms with Crippen LogP contribution in [0.5, 0.6) is 5.75 Å². The van der Waals surface area contributed by atoms with E-state index in [9.17, 15) is 4.79 Å². The van der Waals surface area contributed by atoms with Gasteiger partial charge in [0, 0.05) is 18.7 Å². The second-order valence-electron chi connectivity index (χ2n) is 3.21. The first-order valence-electron chi connectivity index (χ1n) is 5.10. The maximum Gasteiger partial charge on any atom is 0.225 e. The van der Waals surface area contributed by atoms with Crippen molar-refractivity contribution in [3.63, 3.8) is 0 Å². The van der Waals surface area contributed by atoms with Crippen LogP contribution in [-0.2, 0) is 4.79 Å². The first-order valence-corrected chi connectivity index (χ1v) is 5.10. The van der Waals surface area contributed by atoms with Crippen molar-refractivity contribution < 1.29 is 9.53 Å². The van der Waals surface area contributed by atoms with Gasteiger partial charge in [-0.2, -0.15) is 0 Å². The van der Waals surface area contributed by atoms with Gasteiger partial charge in [-0.1, -0.05) is 12.7 Å². The average molecular weight is 220 g/mol. The number of carbonyl (C=O) groups is 1. The van der Waals surface area contributed by atoms with Crippen molar-refractivity contribution in [1.82, 2.24) is 0 Å². The number of anilines is 1. The Morgan fingerprint density at radius 2 is 2.12 bits per heavy atom. The monoisotopic (exact) mass is 220 g/mol. The SMILES string of the molecule is C=CCOc1ccc(NC(=O)CCN)cc1. The molecule has 16 heavy (non-hydrogen) atoms.